The lowest BCUT2D eigenvalue weighted by atomic mass is 10.2. The first-order valence-electron chi connectivity index (χ1n) is 4.80. The Labute approximate surface area is 82.8 Å². The number of hydrogen-bond donors (Lipinski definition) is 2. The van der Waals surface area contributed by atoms with E-state index in [2.05, 4.69) is 6.92 Å². The van der Waals surface area contributed by atoms with Crippen LogP contribution in [0.25, 0.3) is 10.8 Å². The summed E-state index contributed by atoms with van der Waals surface area (Å²) in [6.07, 6.45) is 2.93. The van der Waals surface area contributed by atoms with E-state index in [0.717, 1.165) is 23.7 Å². The number of aromatic nitrogens is 1. The van der Waals surface area contributed by atoms with Crippen LogP contribution >= 0.6 is 0 Å². The SMILES string of the molecule is CCCn1cc2cccc(N)c2c1O. The summed E-state index contributed by atoms with van der Waals surface area (Å²) in [5.74, 6) is 0.278. The van der Waals surface area contributed by atoms with Gasteiger partial charge >= 0.3 is 0 Å². The second-order valence-corrected chi connectivity index (χ2v) is 3.46. The molecule has 0 saturated carbocycles. The second kappa shape index (κ2) is 3.25. The molecule has 0 aliphatic carbocycles. The zero-order valence-electron chi connectivity index (χ0n) is 8.20. The van der Waals surface area contributed by atoms with Crippen molar-refractivity contribution in [3.8, 4) is 5.88 Å². The van der Waals surface area contributed by atoms with Gasteiger partial charge in [0.1, 0.15) is 0 Å². The summed E-state index contributed by atoms with van der Waals surface area (Å²) < 4.78 is 1.83. The molecule has 0 spiro atoms. The van der Waals surface area contributed by atoms with Gasteiger partial charge in [0.2, 0.25) is 5.88 Å². The van der Waals surface area contributed by atoms with E-state index in [1.54, 1.807) is 6.07 Å². The molecule has 74 valence electrons. The minimum absolute atomic E-state index is 0.278. The molecule has 2 rings (SSSR count). The Morgan fingerprint density at radius 1 is 1.43 bits per heavy atom. The first-order valence-corrected chi connectivity index (χ1v) is 4.80. The van der Waals surface area contributed by atoms with Gasteiger partial charge in [-0.2, -0.15) is 0 Å². The van der Waals surface area contributed by atoms with E-state index in [1.165, 1.54) is 0 Å². The highest BCUT2D eigenvalue weighted by atomic mass is 16.3. The highest BCUT2D eigenvalue weighted by Crippen LogP contribution is 2.31. The largest absolute Gasteiger partial charge is 0.494 e. The predicted molar refractivity (Wildman–Crippen MR) is 58.3 cm³/mol. The molecule has 0 bridgehead atoms. The maximum Gasteiger partial charge on any atom is 0.201 e. The molecule has 1 aromatic carbocycles. The molecule has 2 aromatic rings. The zero-order chi connectivity index (χ0) is 10.1. The van der Waals surface area contributed by atoms with Crippen LogP contribution in [0, 0.1) is 0 Å². The molecule has 0 amide bonds. The molecule has 3 heteroatoms. The molecule has 0 atom stereocenters. The standard InChI is InChI=1S/C11H14N2O/c1-2-6-13-7-8-4-3-5-9(12)10(8)11(13)14/h3-5,7,14H,2,6,12H2,1H3. The van der Waals surface area contributed by atoms with Crippen LogP contribution in [0.15, 0.2) is 24.4 Å². The molecular weight excluding hydrogens is 176 g/mol. The third-order valence-corrected chi connectivity index (χ3v) is 2.38. The summed E-state index contributed by atoms with van der Waals surface area (Å²) in [5, 5.41) is 11.6. The third-order valence-electron chi connectivity index (χ3n) is 2.38. The van der Waals surface area contributed by atoms with Crippen molar-refractivity contribution in [3.63, 3.8) is 0 Å². The van der Waals surface area contributed by atoms with Crippen LogP contribution < -0.4 is 5.73 Å². The van der Waals surface area contributed by atoms with E-state index < -0.39 is 0 Å². The van der Waals surface area contributed by atoms with E-state index >= 15 is 0 Å². The summed E-state index contributed by atoms with van der Waals surface area (Å²) in [6.45, 7) is 2.90. The number of anilines is 1. The van der Waals surface area contributed by atoms with E-state index in [-0.39, 0.29) is 5.88 Å². The Bertz CT molecular complexity index is 460. The number of aromatic hydroxyl groups is 1. The maximum atomic E-state index is 9.88. The molecular formula is C11H14N2O. The number of hydrogen-bond acceptors (Lipinski definition) is 2. The van der Waals surface area contributed by atoms with Crippen LogP contribution in [0.3, 0.4) is 0 Å². The van der Waals surface area contributed by atoms with Crippen LogP contribution in [0.5, 0.6) is 5.88 Å². The number of fused-ring (bicyclic) bond motifs is 1. The normalized spacial score (nSPS) is 10.9. The molecule has 0 radical (unpaired) electrons. The highest BCUT2D eigenvalue weighted by molar-refractivity contribution is 5.97. The average Bonchev–Trinajstić information content (AvgIpc) is 2.46. The van der Waals surface area contributed by atoms with Crippen LogP contribution in [0.4, 0.5) is 5.69 Å². The van der Waals surface area contributed by atoms with Gasteiger partial charge in [-0.1, -0.05) is 19.1 Å². The van der Waals surface area contributed by atoms with E-state index in [4.69, 9.17) is 5.73 Å². The van der Waals surface area contributed by atoms with Gasteiger partial charge in [-0.25, -0.2) is 0 Å². The van der Waals surface area contributed by atoms with Gasteiger partial charge in [-0.15, -0.1) is 0 Å². The van der Waals surface area contributed by atoms with Crippen LogP contribution in [0.2, 0.25) is 0 Å². The Morgan fingerprint density at radius 2 is 2.21 bits per heavy atom. The minimum Gasteiger partial charge on any atom is -0.494 e. The number of nitrogens with two attached hydrogens (primary N) is 1. The van der Waals surface area contributed by atoms with Crippen molar-refractivity contribution in [2.24, 2.45) is 0 Å². The number of nitrogen functional groups attached to an aromatic ring is 1. The number of nitrogens with zero attached hydrogens (tertiary/aromatic N) is 1. The quantitative estimate of drug-likeness (QED) is 0.714. The van der Waals surface area contributed by atoms with Crippen LogP contribution in [0.1, 0.15) is 13.3 Å². The third kappa shape index (κ3) is 1.21. The van der Waals surface area contributed by atoms with Crippen molar-refractivity contribution in [2.45, 2.75) is 19.9 Å². The molecule has 0 unspecified atom stereocenters. The molecule has 1 heterocycles. The lowest BCUT2D eigenvalue weighted by Crippen LogP contribution is -1.92. The van der Waals surface area contributed by atoms with Crippen molar-refractivity contribution in [2.75, 3.05) is 5.73 Å². The highest BCUT2D eigenvalue weighted by Gasteiger charge is 2.09. The van der Waals surface area contributed by atoms with Gasteiger partial charge in [0, 0.05) is 23.8 Å². The lowest BCUT2D eigenvalue weighted by molar-refractivity contribution is 0.421. The molecule has 0 aliphatic rings. The number of benzene rings is 1. The van der Waals surface area contributed by atoms with E-state index in [0.29, 0.717) is 5.69 Å². The molecule has 14 heavy (non-hydrogen) atoms. The Hall–Kier alpha value is -1.64. The Morgan fingerprint density at radius 3 is 2.86 bits per heavy atom. The van der Waals surface area contributed by atoms with E-state index in [9.17, 15) is 5.11 Å². The summed E-state index contributed by atoms with van der Waals surface area (Å²) >= 11 is 0. The summed E-state index contributed by atoms with van der Waals surface area (Å²) in [7, 11) is 0. The van der Waals surface area contributed by atoms with Crippen molar-refractivity contribution in [3.05, 3.63) is 24.4 Å². The van der Waals surface area contributed by atoms with Crippen molar-refractivity contribution < 1.29 is 5.11 Å². The Balaban J connectivity index is 2.68. The average molecular weight is 190 g/mol. The fraction of sp³-hybridized carbons (Fsp3) is 0.273. The van der Waals surface area contributed by atoms with Gasteiger partial charge in [-0.05, 0) is 12.5 Å². The van der Waals surface area contributed by atoms with Gasteiger partial charge in [0.25, 0.3) is 0 Å². The van der Waals surface area contributed by atoms with Gasteiger partial charge < -0.3 is 15.4 Å². The van der Waals surface area contributed by atoms with Crippen molar-refractivity contribution in [1.82, 2.24) is 4.57 Å². The topological polar surface area (TPSA) is 51.2 Å². The lowest BCUT2D eigenvalue weighted by Gasteiger charge is -2.01. The number of rotatable bonds is 2. The zero-order valence-corrected chi connectivity index (χ0v) is 8.20. The smallest absolute Gasteiger partial charge is 0.201 e. The summed E-state index contributed by atoms with van der Waals surface area (Å²) in [6, 6.07) is 5.66. The van der Waals surface area contributed by atoms with Crippen molar-refractivity contribution >= 4 is 16.5 Å². The second-order valence-electron chi connectivity index (χ2n) is 3.46. The van der Waals surface area contributed by atoms with E-state index in [1.807, 2.05) is 22.9 Å². The maximum absolute atomic E-state index is 9.88. The molecule has 3 N–H and O–H groups in total. The predicted octanol–water partition coefficient (Wildman–Crippen LogP) is 2.34. The van der Waals surface area contributed by atoms with Gasteiger partial charge in [-0.3, -0.25) is 0 Å². The van der Waals surface area contributed by atoms with Gasteiger partial charge in [0.05, 0.1) is 5.39 Å². The fourth-order valence-electron chi connectivity index (χ4n) is 1.74. The molecule has 0 saturated heterocycles. The number of aryl methyl sites for hydroxylation is 1. The van der Waals surface area contributed by atoms with Crippen molar-refractivity contribution in [1.29, 1.82) is 0 Å². The molecule has 1 aromatic heterocycles. The molecule has 0 aliphatic heterocycles. The molecule has 0 fully saturated rings. The first-order chi connectivity index (χ1) is 6.74. The monoisotopic (exact) mass is 190 g/mol. The van der Waals surface area contributed by atoms with Crippen LogP contribution in [-0.2, 0) is 6.54 Å². The summed E-state index contributed by atoms with van der Waals surface area (Å²) in [4.78, 5) is 0. The van der Waals surface area contributed by atoms with Gasteiger partial charge in [0.15, 0.2) is 0 Å². The van der Waals surface area contributed by atoms with Crippen LogP contribution in [-0.4, -0.2) is 9.67 Å². The minimum atomic E-state index is 0.278. The summed E-state index contributed by atoms with van der Waals surface area (Å²) in [5.41, 5.74) is 6.43. The first kappa shape index (κ1) is 8.94. The Kier molecular flexibility index (Phi) is 2.08. The fourth-order valence-corrected chi connectivity index (χ4v) is 1.74. The molecule has 3 nitrogen and oxygen atoms in total.